The fourth-order valence-corrected chi connectivity index (χ4v) is 11.3. The summed E-state index contributed by atoms with van der Waals surface area (Å²) in [5.74, 6) is -0.861. The van der Waals surface area contributed by atoms with E-state index in [-0.39, 0.29) is 31.1 Å². The summed E-state index contributed by atoms with van der Waals surface area (Å²) in [6.45, 7) is 6.66. The molecule has 0 radical (unpaired) electrons. The van der Waals surface area contributed by atoms with Crippen LogP contribution in [0.2, 0.25) is 0 Å². The Kier molecular flexibility index (Phi) is 69.1. The number of unbranched alkanes of at least 4 members (excludes halogenated alkanes) is 52. The lowest BCUT2D eigenvalue weighted by Gasteiger charge is -2.18. The number of allylic oxidation sites excluding steroid dienone is 6. The lowest BCUT2D eigenvalue weighted by Crippen LogP contribution is -2.30. The van der Waals surface area contributed by atoms with Crippen molar-refractivity contribution in [3.8, 4) is 0 Å². The number of ether oxygens (including phenoxy) is 3. The highest BCUT2D eigenvalue weighted by molar-refractivity contribution is 5.71. The van der Waals surface area contributed by atoms with Crippen LogP contribution in [0.3, 0.4) is 0 Å². The van der Waals surface area contributed by atoms with E-state index in [0.717, 1.165) is 77.0 Å². The van der Waals surface area contributed by atoms with Gasteiger partial charge in [-0.15, -0.1) is 0 Å². The predicted octanol–water partition coefficient (Wildman–Crippen LogP) is 25.5. The van der Waals surface area contributed by atoms with Gasteiger partial charge >= 0.3 is 17.9 Å². The van der Waals surface area contributed by atoms with Crippen LogP contribution in [0.4, 0.5) is 0 Å². The Hall–Kier alpha value is -2.37. The Balaban J connectivity index is 4.16. The molecule has 0 aliphatic carbocycles. The van der Waals surface area contributed by atoms with Crippen molar-refractivity contribution in [3.05, 3.63) is 36.5 Å². The second kappa shape index (κ2) is 71.1. The Morgan fingerprint density at radius 3 is 0.720 bits per heavy atom. The summed E-state index contributed by atoms with van der Waals surface area (Å²) in [7, 11) is 0. The zero-order valence-corrected chi connectivity index (χ0v) is 55.5. The maximum absolute atomic E-state index is 12.9. The maximum Gasteiger partial charge on any atom is 0.306 e. The van der Waals surface area contributed by atoms with E-state index in [1.807, 2.05) is 0 Å². The van der Waals surface area contributed by atoms with Gasteiger partial charge in [0, 0.05) is 19.3 Å². The van der Waals surface area contributed by atoms with E-state index < -0.39 is 6.10 Å². The molecule has 0 fully saturated rings. The highest BCUT2D eigenvalue weighted by Crippen LogP contribution is 2.19. The molecule has 0 aromatic carbocycles. The van der Waals surface area contributed by atoms with Crippen molar-refractivity contribution in [2.75, 3.05) is 13.2 Å². The molecule has 1 unspecified atom stereocenters. The third kappa shape index (κ3) is 68.4. The van der Waals surface area contributed by atoms with E-state index in [2.05, 4.69) is 57.2 Å². The average Bonchev–Trinajstić information content (AvgIpc) is 3.47. The van der Waals surface area contributed by atoms with Gasteiger partial charge in [-0.2, -0.15) is 0 Å². The minimum Gasteiger partial charge on any atom is -0.462 e. The van der Waals surface area contributed by atoms with E-state index in [9.17, 15) is 14.4 Å². The quantitative estimate of drug-likeness (QED) is 0.0261. The SMILES string of the molecule is CCCC/C=C\C/C=C\CCCCCCCC(=O)OCC(COC(=O)CCCCCCCCCCCCCCCCCCCCCCCCCCCCCCCCC)OC(=O)CCCCCCCCCCC/C=C\CCCCCCCC. The number of esters is 3. The number of hydrogen-bond acceptors (Lipinski definition) is 6. The van der Waals surface area contributed by atoms with Gasteiger partial charge in [0.05, 0.1) is 0 Å². The highest BCUT2D eigenvalue weighted by atomic mass is 16.6. The molecule has 0 aromatic heterocycles. The third-order valence-corrected chi connectivity index (χ3v) is 16.9. The minimum absolute atomic E-state index is 0.0729. The number of carbonyl (C=O) groups is 3. The largest absolute Gasteiger partial charge is 0.462 e. The molecule has 0 saturated heterocycles. The third-order valence-electron chi connectivity index (χ3n) is 16.9. The average molecular weight is 1150 g/mol. The number of rotatable bonds is 69. The standard InChI is InChI=1S/C76H142O6/c1-4-7-10-13-16-19-22-25-28-30-32-33-34-35-36-37-38-39-40-41-42-43-45-46-48-51-54-57-60-63-66-69-75(78)81-72-73(71-80-74(77)68-65-62-59-56-53-50-27-24-21-18-15-12-9-6-3)82-76(79)70-67-64-61-58-55-52-49-47-44-31-29-26-23-20-17-14-11-8-5-2/h15,18,24,26-27,29,73H,4-14,16-17,19-23,25,28,30-72H2,1-3H3/b18-15-,27-24-,29-26-. The summed E-state index contributed by atoms with van der Waals surface area (Å²) < 4.78 is 17.0. The molecular weight excluding hydrogens is 1010 g/mol. The molecular formula is C76H142O6. The van der Waals surface area contributed by atoms with Crippen LogP contribution >= 0.6 is 0 Å². The molecule has 6 nitrogen and oxygen atoms in total. The van der Waals surface area contributed by atoms with E-state index in [1.165, 1.54) is 295 Å². The summed E-state index contributed by atoms with van der Waals surface area (Å²) in [5, 5.41) is 0. The van der Waals surface area contributed by atoms with Crippen LogP contribution in [0.25, 0.3) is 0 Å². The topological polar surface area (TPSA) is 78.9 Å². The molecule has 6 heteroatoms. The van der Waals surface area contributed by atoms with Gasteiger partial charge in [0.1, 0.15) is 13.2 Å². The van der Waals surface area contributed by atoms with Gasteiger partial charge in [-0.1, -0.05) is 359 Å². The minimum atomic E-state index is -0.778. The van der Waals surface area contributed by atoms with Crippen molar-refractivity contribution in [2.24, 2.45) is 0 Å². The first kappa shape index (κ1) is 79.6. The first-order chi connectivity index (χ1) is 40.5. The molecule has 0 N–H and O–H groups in total. The van der Waals surface area contributed by atoms with Crippen LogP contribution in [0.15, 0.2) is 36.5 Å². The van der Waals surface area contributed by atoms with Crippen LogP contribution in [-0.4, -0.2) is 37.2 Å². The van der Waals surface area contributed by atoms with Gasteiger partial charge in [-0.3, -0.25) is 14.4 Å². The van der Waals surface area contributed by atoms with Crippen LogP contribution in [-0.2, 0) is 28.6 Å². The molecule has 0 heterocycles. The van der Waals surface area contributed by atoms with E-state index in [4.69, 9.17) is 14.2 Å². The van der Waals surface area contributed by atoms with Crippen LogP contribution in [0, 0.1) is 0 Å². The second-order valence-corrected chi connectivity index (χ2v) is 25.2. The molecule has 0 amide bonds. The summed E-state index contributed by atoms with van der Waals surface area (Å²) in [5.41, 5.74) is 0. The normalized spacial score (nSPS) is 12.2. The van der Waals surface area contributed by atoms with Gasteiger partial charge in [0.15, 0.2) is 6.10 Å². The fraction of sp³-hybridized carbons (Fsp3) is 0.882. The lowest BCUT2D eigenvalue weighted by molar-refractivity contribution is -0.167. The molecule has 0 aromatic rings. The number of carbonyl (C=O) groups excluding carboxylic acids is 3. The molecule has 0 bridgehead atoms. The molecule has 0 spiro atoms. The zero-order chi connectivity index (χ0) is 59.2. The Morgan fingerprint density at radius 1 is 0.244 bits per heavy atom. The van der Waals surface area contributed by atoms with Crippen LogP contribution in [0.1, 0.15) is 412 Å². The van der Waals surface area contributed by atoms with Gasteiger partial charge in [0.2, 0.25) is 0 Å². The highest BCUT2D eigenvalue weighted by Gasteiger charge is 2.19. The van der Waals surface area contributed by atoms with E-state index in [0.29, 0.717) is 19.3 Å². The van der Waals surface area contributed by atoms with Crippen molar-refractivity contribution in [1.82, 2.24) is 0 Å². The van der Waals surface area contributed by atoms with Gasteiger partial charge < -0.3 is 14.2 Å². The van der Waals surface area contributed by atoms with Crippen molar-refractivity contribution in [1.29, 1.82) is 0 Å². The van der Waals surface area contributed by atoms with Crippen LogP contribution < -0.4 is 0 Å². The van der Waals surface area contributed by atoms with Gasteiger partial charge in [-0.05, 0) is 70.6 Å². The molecule has 482 valence electrons. The van der Waals surface area contributed by atoms with Crippen molar-refractivity contribution >= 4 is 17.9 Å². The van der Waals surface area contributed by atoms with Crippen molar-refractivity contribution in [2.45, 2.75) is 419 Å². The molecule has 0 rings (SSSR count). The molecule has 0 aliphatic heterocycles. The Morgan fingerprint density at radius 2 is 0.451 bits per heavy atom. The summed E-state index contributed by atoms with van der Waals surface area (Å²) in [6, 6.07) is 0. The Labute approximate surface area is 512 Å². The first-order valence-corrected chi connectivity index (χ1v) is 37.0. The van der Waals surface area contributed by atoms with E-state index in [1.54, 1.807) is 0 Å². The maximum atomic E-state index is 12.9. The first-order valence-electron chi connectivity index (χ1n) is 37.0. The lowest BCUT2D eigenvalue weighted by atomic mass is 10.0. The summed E-state index contributed by atoms with van der Waals surface area (Å²) in [6.07, 6.45) is 89.1. The Bertz CT molecular complexity index is 1370. The smallest absolute Gasteiger partial charge is 0.306 e. The van der Waals surface area contributed by atoms with E-state index >= 15 is 0 Å². The van der Waals surface area contributed by atoms with Crippen molar-refractivity contribution in [3.63, 3.8) is 0 Å². The monoisotopic (exact) mass is 1150 g/mol. The van der Waals surface area contributed by atoms with Crippen molar-refractivity contribution < 1.29 is 28.6 Å². The number of hydrogen-bond donors (Lipinski definition) is 0. The summed E-state index contributed by atoms with van der Waals surface area (Å²) in [4.78, 5) is 38.4. The summed E-state index contributed by atoms with van der Waals surface area (Å²) >= 11 is 0. The molecule has 0 aliphatic rings. The predicted molar refractivity (Wildman–Crippen MR) is 358 cm³/mol. The second-order valence-electron chi connectivity index (χ2n) is 25.2. The molecule has 0 saturated carbocycles. The van der Waals surface area contributed by atoms with Crippen LogP contribution in [0.5, 0.6) is 0 Å². The fourth-order valence-electron chi connectivity index (χ4n) is 11.3. The molecule has 1 atom stereocenters. The van der Waals surface area contributed by atoms with Gasteiger partial charge in [0.25, 0.3) is 0 Å². The molecule has 82 heavy (non-hydrogen) atoms. The van der Waals surface area contributed by atoms with Gasteiger partial charge in [-0.25, -0.2) is 0 Å². The zero-order valence-electron chi connectivity index (χ0n) is 55.5.